The van der Waals surface area contributed by atoms with Crippen molar-refractivity contribution in [2.24, 2.45) is 5.92 Å². The van der Waals surface area contributed by atoms with Crippen LogP contribution < -0.4 is 4.90 Å². The van der Waals surface area contributed by atoms with Crippen LogP contribution in [0.15, 0.2) is 24.5 Å². The molecular weight excluding hydrogens is 228 g/mol. The summed E-state index contributed by atoms with van der Waals surface area (Å²) in [6.07, 6.45) is 5.02. The Labute approximate surface area is 87.1 Å². The van der Waals surface area contributed by atoms with Gasteiger partial charge in [-0.15, -0.1) is 0 Å². The number of hydrogen-bond acceptors (Lipinski definition) is 2. The van der Waals surface area contributed by atoms with E-state index in [1.807, 2.05) is 12.4 Å². The first-order valence-electron chi connectivity index (χ1n) is 4.61. The molecule has 0 saturated carbocycles. The predicted octanol–water partition coefficient (Wildman–Crippen LogP) is 2.30. The van der Waals surface area contributed by atoms with Gasteiger partial charge >= 0.3 is 0 Å². The van der Waals surface area contributed by atoms with Gasteiger partial charge in [0, 0.05) is 36.5 Å². The summed E-state index contributed by atoms with van der Waals surface area (Å²) in [5.74, 6) is 0.813. The third-order valence-corrected chi connectivity index (χ3v) is 3.45. The second kappa shape index (κ2) is 4.09. The summed E-state index contributed by atoms with van der Waals surface area (Å²) >= 11 is 3.54. The van der Waals surface area contributed by atoms with Crippen molar-refractivity contribution in [3.8, 4) is 0 Å². The average Bonchev–Trinajstić information content (AvgIpc) is 2.67. The summed E-state index contributed by atoms with van der Waals surface area (Å²) < 4.78 is 0. The van der Waals surface area contributed by atoms with E-state index in [9.17, 15) is 0 Å². The summed E-state index contributed by atoms with van der Waals surface area (Å²) in [6, 6.07) is 4.16. The lowest BCUT2D eigenvalue weighted by Gasteiger charge is -2.17. The largest absolute Gasteiger partial charge is 0.371 e. The van der Waals surface area contributed by atoms with E-state index in [2.05, 4.69) is 37.9 Å². The molecule has 0 aliphatic carbocycles. The number of aromatic nitrogens is 1. The Morgan fingerprint density at radius 1 is 1.46 bits per heavy atom. The monoisotopic (exact) mass is 240 g/mol. The molecule has 0 bridgehead atoms. The second-order valence-corrected chi connectivity index (χ2v) is 4.11. The highest BCUT2D eigenvalue weighted by molar-refractivity contribution is 9.09. The van der Waals surface area contributed by atoms with Gasteiger partial charge in [0.15, 0.2) is 0 Å². The fourth-order valence-electron chi connectivity index (χ4n) is 1.75. The maximum Gasteiger partial charge on any atom is 0.0397 e. The molecule has 1 aromatic rings. The van der Waals surface area contributed by atoms with Crippen molar-refractivity contribution in [2.45, 2.75) is 6.42 Å². The maximum absolute atomic E-state index is 4.02. The molecule has 0 amide bonds. The molecule has 13 heavy (non-hydrogen) atoms. The molecule has 0 aromatic carbocycles. The lowest BCUT2D eigenvalue weighted by atomic mass is 10.2. The molecule has 1 saturated heterocycles. The fourth-order valence-corrected chi connectivity index (χ4v) is 2.28. The maximum atomic E-state index is 4.02. The predicted molar refractivity (Wildman–Crippen MR) is 58.4 cm³/mol. The van der Waals surface area contributed by atoms with E-state index in [4.69, 9.17) is 0 Å². The van der Waals surface area contributed by atoms with Crippen LogP contribution >= 0.6 is 15.9 Å². The highest BCUT2D eigenvalue weighted by Gasteiger charge is 2.21. The Hall–Kier alpha value is -0.570. The van der Waals surface area contributed by atoms with Crippen molar-refractivity contribution in [1.29, 1.82) is 0 Å². The summed E-state index contributed by atoms with van der Waals surface area (Å²) in [5.41, 5.74) is 1.30. The van der Waals surface area contributed by atoms with E-state index in [0.29, 0.717) is 0 Å². The molecule has 70 valence electrons. The van der Waals surface area contributed by atoms with E-state index in [0.717, 1.165) is 11.2 Å². The van der Waals surface area contributed by atoms with Crippen LogP contribution in [-0.4, -0.2) is 23.4 Å². The lowest BCUT2D eigenvalue weighted by molar-refractivity contribution is 0.676. The molecule has 0 spiro atoms. The molecule has 1 fully saturated rings. The van der Waals surface area contributed by atoms with Gasteiger partial charge in [0.2, 0.25) is 0 Å². The highest BCUT2D eigenvalue weighted by atomic mass is 79.9. The van der Waals surface area contributed by atoms with E-state index in [1.165, 1.54) is 25.2 Å². The van der Waals surface area contributed by atoms with Crippen LogP contribution in [-0.2, 0) is 0 Å². The van der Waals surface area contributed by atoms with Gasteiger partial charge in [0.25, 0.3) is 0 Å². The number of alkyl halides is 1. The van der Waals surface area contributed by atoms with Gasteiger partial charge in [-0.1, -0.05) is 15.9 Å². The summed E-state index contributed by atoms with van der Waals surface area (Å²) in [4.78, 5) is 6.44. The summed E-state index contributed by atoms with van der Waals surface area (Å²) in [5, 5.41) is 1.12. The molecule has 0 N–H and O–H groups in total. The zero-order valence-electron chi connectivity index (χ0n) is 7.49. The Morgan fingerprint density at radius 3 is 2.85 bits per heavy atom. The van der Waals surface area contributed by atoms with Gasteiger partial charge in [0.05, 0.1) is 0 Å². The highest BCUT2D eigenvalue weighted by Crippen LogP contribution is 2.23. The Morgan fingerprint density at radius 2 is 2.23 bits per heavy atom. The van der Waals surface area contributed by atoms with Crippen molar-refractivity contribution in [3.05, 3.63) is 24.5 Å². The van der Waals surface area contributed by atoms with Crippen molar-refractivity contribution >= 4 is 21.6 Å². The molecule has 1 aromatic heterocycles. The van der Waals surface area contributed by atoms with E-state index in [-0.39, 0.29) is 0 Å². The zero-order valence-corrected chi connectivity index (χ0v) is 9.07. The summed E-state index contributed by atoms with van der Waals surface area (Å²) in [7, 11) is 0. The van der Waals surface area contributed by atoms with Gasteiger partial charge < -0.3 is 4.90 Å². The first-order chi connectivity index (χ1) is 6.40. The van der Waals surface area contributed by atoms with Gasteiger partial charge in [-0.2, -0.15) is 0 Å². The number of pyridine rings is 1. The van der Waals surface area contributed by atoms with Crippen LogP contribution in [0.4, 0.5) is 5.69 Å². The molecule has 1 aliphatic rings. The van der Waals surface area contributed by atoms with Crippen LogP contribution in [0.2, 0.25) is 0 Å². The molecule has 1 unspecified atom stereocenters. The van der Waals surface area contributed by atoms with E-state index >= 15 is 0 Å². The number of rotatable bonds is 2. The summed E-state index contributed by atoms with van der Waals surface area (Å²) in [6.45, 7) is 2.36. The van der Waals surface area contributed by atoms with E-state index in [1.54, 1.807) is 0 Å². The lowest BCUT2D eigenvalue weighted by Crippen LogP contribution is -2.19. The van der Waals surface area contributed by atoms with Gasteiger partial charge in [0.1, 0.15) is 0 Å². The molecule has 0 radical (unpaired) electrons. The standard InChI is InChI=1S/C10H13BrN2/c11-7-9-3-6-13(8-9)10-1-4-12-5-2-10/h1-2,4-5,9H,3,6-8H2. The van der Waals surface area contributed by atoms with Crippen molar-refractivity contribution in [2.75, 3.05) is 23.3 Å². The van der Waals surface area contributed by atoms with Gasteiger partial charge in [-0.05, 0) is 24.5 Å². The SMILES string of the molecule is BrCC1CCN(c2ccncc2)C1. The molecule has 2 heterocycles. The third-order valence-electron chi connectivity index (χ3n) is 2.53. The van der Waals surface area contributed by atoms with Crippen LogP contribution in [0.1, 0.15) is 6.42 Å². The van der Waals surface area contributed by atoms with Gasteiger partial charge in [-0.3, -0.25) is 4.98 Å². The quantitative estimate of drug-likeness (QED) is 0.738. The first kappa shape index (κ1) is 9.00. The molecule has 1 aliphatic heterocycles. The smallest absolute Gasteiger partial charge is 0.0397 e. The Bertz CT molecular complexity index is 263. The zero-order chi connectivity index (χ0) is 9.10. The van der Waals surface area contributed by atoms with Crippen LogP contribution in [0.3, 0.4) is 0 Å². The number of halogens is 1. The van der Waals surface area contributed by atoms with Crippen LogP contribution in [0, 0.1) is 5.92 Å². The van der Waals surface area contributed by atoms with Gasteiger partial charge in [-0.25, -0.2) is 0 Å². The number of hydrogen-bond donors (Lipinski definition) is 0. The molecule has 2 rings (SSSR count). The number of nitrogens with zero attached hydrogens (tertiary/aromatic N) is 2. The number of anilines is 1. The Balaban J connectivity index is 2.04. The normalized spacial score (nSPS) is 22.2. The average molecular weight is 241 g/mol. The minimum atomic E-state index is 0.813. The minimum Gasteiger partial charge on any atom is -0.371 e. The fraction of sp³-hybridized carbons (Fsp3) is 0.500. The molecule has 1 atom stereocenters. The Kier molecular flexibility index (Phi) is 2.83. The topological polar surface area (TPSA) is 16.1 Å². The van der Waals surface area contributed by atoms with Crippen molar-refractivity contribution in [3.63, 3.8) is 0 Å². The van der Waals surface area contributed by atoms with E-state index < -0.39 is 0 Å². The molecule has 3 heteroatoms. The molecule has 2 nitrogen and oxygen atoms in total. The van der Waals surface area contributed by atoms with Crippen molar-refractivity contribution < 1.29 is 0 Å². The van der Waals surface area contributed by atoms with Crippen molar-refractivity contribution in [1.82, 2.24) is 4.98 Å². The third kappa shape index (κ3) is 2.02. The first-order valence-corrected chi connectivity index (χ1v) is 5.73. The minimum absolute atomic E-state index is 0.813. The van der Waals surface area contributed by atoms with Crippen LogP contribution in [0.25, 0.3) is 0 Å². The second-order valence-electron chi connectivity index (χ2n) is 3.46. The molecular formula is C10H13BrN2. The van der Waals surface area contributed by atoms with Crippen LogP contribution in [0.5, 0.6) is 0 Å².